The van der Waals surface area contributed by atoms with E-state index in [1.165, 1.54) is 38.5 Å². The number of rotatable bonds is 8. The van der Waals surface area contributed by atoms with Gasteiger partial charge < -0.3 is 4.74 Å². The Bertz CT molecular complexity index is 1160. The Morgan fingerprint density at radius 3 is 2.06 bits per heavy atom. The van der Waals surface area contributed by atoms with Crippen LogP contribution in [0.5, 0.6) is 0 Å². The Morgan fingerprint density at radius 2 is 1.40 bits per heavy atom. The van der Waals surface area contributed by atoms with Crippen molar-refractivity contribution in [3.8, 4) is 22.3 Å². The van der Waals surface area contributed by atoms with Gasteiger partial charge in [-0.1, -0.05) is 81.1 Å². The van der Waals surface area contributed by atoms with Crippen LogP contribution in [0.3, 0.4) is 0 Å². The van der Waals surface area contributed by atoms with E-state index in [1.54, 1.807) is 30.3 Å². The van der Waals surface area contributed by atoms with E-state index in [4.69, 9.17) is 4.74 Å². The molecule has 1 saturated carbocycles. The topological polar surface area (TPSA) is 12.5 Å². The van der Waals surface area contributed by atoms with Gasteiger partial charge in [0.15, 0.2) is 11.6 Å². The summed E-state index contributed by atoms with van der Waals surface area (Å²) in [7, 11) is 0. The summed E-state index contributed by atoms with van der Waals surface area (Å²) >= 11 is 0. The third-order valence-corrected chi connectivity index (χ3v) is 7.82. The lowest BCUT2D eigenvalue weighted by Gasteiger charge is -2.29. The molecule has 1 atom stereocenters. The quantitative estimate of drug-likeness (QED) is 0.232. The van der Waals surface area contributed by atoms with E-state index < -0.39 is 11.6 Å². The minimum absolute atomic E-state index is 0.146. The first-order valence-corrected chi connectivity index (χ1v) is 13.0. The molecule has 2 aliphatic rings. The molecule has 1 aliphatic heterocycles. The molecule has 0 aromatic heterocycles. The number of benzene rings is 3. The first-order valence-electron chi connectivity index (χ1n) is 13.0. The maximum absolute atomic E-state index is 15.1. The fourth-order valence-electron chi connectivity index (χ4n) is 5.59. The van der Waals surface area contributed by atoms with Gasteiger partial charge in [-0.3, -0.25) is 0 Å². The molecule has 2 fully saturated rings. The first kappa shape index (κ1) is 24.1. The molecule has 1 unspecified atom stereocenters. The lowest BCUT2D eigenvalue weighted by Crippen LogP contribution is -2.14. The maximum atomic E-state index is 15.1. The van der Waals surface area contributed by atoms with Crippen LogP contribution < -0.4 is 0 Å². The number of hydrogen-bond donors (Lipinski definition) is 0. The zero-order valence-electron chi connectivity index (χ0n) is 20.3. The number of epoxide rings is 1. The summed E-state index contributed by atoms with van der Waals surface area (Å²) < 4.78 is 49.3. The highest BCUT2D eigenvalue weighted by atomic mass is 19.2. The molecule has 35 heavy (non-hydrogen) atoms. The average Bonchev–Trinajstić information content (AvgIpc) is 3.72. The van der Waals surface area contributed by atoms with Crippen molar-refractivity contribution in [2.75, 3.05) is 6.61 Å². The van der Waals surface area contributed by atoms with Gasteiger partial charge in [-0.2, -0.15) is 0 Å². The summed E-state index contributed by atoms with van der Waals surface area (Å²) in [6.45, 7) is 2.67. The van der Waals surface area contributed by atoms with E-state index in [-0.39, 0.29) is 23.0 Å². The number of unbranched alkanes of at least 4 members (excludes halogenated alkanes) is 2. The summed E-state index contributed by atoms with van der Waals surface area (Å²) in [4.78, 5) is 0. The van der Waals surface area contributed by atoms with Crippen molar-refractivity contribution >= 4 is 0 Å². The standard InChI is InChI=1S/C31H33F3O/c1-2-3-4-5-20-6-8-22(9-7-20)25-15-14-24(18-28(25)32)21-10-12-23(13-11-21)26-16-17-27(29-19-35-29)31(34)30(26)33/h10-18,20,22,29H,2-9,19H2,1H3. The summed E-state index contributed by atoms with van der Waals surface area (Å²) in [5.74, 6) is -0.749. The summed E-state index contributed by atoms with van der Waals surface area (Å²) in [5, 5.41) is 0. The largest absolute Gasteiger partial charge is 0.368 e. The maximum Gasteiger partial charge on any atom is 0.167 e. The summed E-state index contributed by atoms with van der Waals surface area (Å²) in [6.07, 6.45) is 9.39. The molecule has 0 spiro atoms. The van der Waals surface area contributed by atoms with Gasteiger partial charge in [0.05, 0.1) is 6.61 Å². The fraction of sp³-hybridized carbons (Fsp3) is 0.419. The van der Waals surface area contributed by atoms with E-state index in [9.17, 15) is 8.78 Å². The second-order valence-electron chi connectivity index (χ2n) is 10.2. The van der Waals surface area contributed by atoms with Gasteiger partial charge in [0.1, 0.15) is 11.9 Å². The van der Waals surface area contributed by atoms with Gasteiger partial charge in [0, 0.05) is 11.1 Å². The second kappa shape index (κ2) is 10.6. The van der Waals surface area contributed by atoms with Crippen molar-refractivity contribution in [3.63, 3.8) is 0 Å². The zero-order chi connectivity index (χ0) is 24.4. The highest BCUT2D eigenvalue weighted by Gasteiger charge is 2.30. The van der Waals surface area contributed by atoms with Crippen LogP contribution in [0.4, 0.5) is 13.2 Å². The highest BCUT2D eigenvalue weighted by molar-refractivity contribution is 5.71. The van der Waals surface area contributed by atoms with E-state index in [0.717, 1.165) is 35.4 Å². The van der Waals surface area contributed by atoms with E-state index in [2.05, 4.69) is 6.92 Å². The van der Waals surface area contributed by atoms with Gasteiger partial charge in [0.25, 0.3) is 0 Å². The SMILES string of the molecule is CCCCCC1CCC(c2ccc(-c3ccc(-c4ccc(C5CO5)c(F)c4F)cc3)cc2F)CC1. The van der Waals surface area contributed by atoms with Crippen LogP contribution in [-0.2, 0) is 4.74 Å². The summed E-state index contributed by atoms with van der Waals surface area (Å²) in [6, 6.07) is 15.9. The van der Waals surface area contributed by atoms with Gasteiger partial charge in [-0.25, -0.2) is 13.2 Å². The molecule has 0 amide bonds. The Labute approximate surface area is 206 Å². The molecular weight excluding hydrogens is 445 g/mol. The molecule has 5 rings (SSSR count). The molecule has 3 aromatic rings. The van der Waals surface area contributed by atoms with Crippen LogP contribution in [0.2, 0.25) is 0 Å². The van der Waals surface area contributed by atoms with Crippen molar-refractivity contribution in [2.24, 2.45) is 5.92 Å². The van der Waals surface area contributed by atoms with Crippen molar-refractivity contribution in [1.82, 2.24) is 0 Å². The molecule has 4 heteroatoms. The van der Waals surface area contributed by atoms with Crippen molar-refractivity contribution < 1.29 is 17.9 Å². The van der Waals surface area contributed by atoms with E-state index in [1.807, 2.05) is 24.3 Å². The van der Waals surface area contributed by atoms with Crippen molar-refractivity contribution in [2.45, 2.75) is 70.3 Å². The molecule has 1 aliphatic carbocycles. The van der Waals surface area contributed by atoms with Crippen LogP contribution in [-0.4, -0.2) is 6.61 Å². The van der Waals surface area contributed by atoms with Gasteiger partial charge in [-0.05, 0) is 65.8 Å². The number of ether oxygens (including phenoxy) is 1. The van der Waals surface area contributed by atoms with Gasteiger partial charge in [0.2, 0.25) is 0 Å². The van der Waals surface area contributed by atoms with Crippen LogP contribution in [0.25, 0.3) is 22.3 Å². The molecule has 0 radical (unpaired) electrons. The molecule has 0 bridgehead atoms. The van der Waals surface area contributed by atoms with Crippen molar-refractivity contribution in [3.05, 3.63) is 83.2 Å². The molecule has 184 valence electrons. The molecule has 1 nitrogen and oxygen atoms in total. The first-order chi connectivity index (χ1) is 17.0. The highest BCUT2D eigenvalue weighted by Crippen LogP contribution is 2.40. The Morgan fingerprint density at radius 1 is 0.743 bits per heavy atom. The minimum atomic E-state index is -0.860. The van der Waals surface area contributed by atoms with Crippen LogP contribution in [0, 0.1) is 23.4 Å². The number of halogens is 3. The monoisotopic (exact) mass is 478 g/mol. The molecular formula is C31H33F3O. The van der Waals surface area contributed by atoms with Crippen LogP contribution in [0.15, 0.2) is 54.6 Å². The van der Waals surface area contributed by atoms with Gasteiger partial charge >= 0.3 is 0 Å². The number of hydrogen-bond acceptors (Lipinski definition) is 1. The Hall–Kier alpha value is -2.59. The van der Waals surface area contributed by atoms with Crippen LogP contribution >= 0.6 is 0 Å². The smallest absolute Gasteiger partial charge is 0.167 e. The van der Waals surface area contributed by atoms with E-state index in [0.29, 0.717) is 18.1 Å². The Kier molecular flexibility index (Phi) is 7.29. The third-order valence-electron chi connectivity index (χ3n) is 7.82. The Balaban J connectivity index is 1.27. The van der Waals surface area contributed by atoms with E-state index >= 15 is 4.39 Å². The average molecular weight is 479 g/mol. The normalized spacial score (nSPS) is 21.8. The van der Waals surface area contributed by atoms with Crippen LogP contribution in [0.1, 0.15) is 81.4 Å². The zero-order valence-corrected chi connectivity index (χ0v) is 20.3. The fourth-order valence-corrected chi connectivity index (χ4v) is 5.59. The molecule has 1 saturated heterocycles. The molecule has 1 heterocycles. The predicted molar refractivity (Wildman–Crippen MR) is 135 cm³/mol. The molecule has 0 N–H and O–H groups in total. The molecule has 3 aromatic carbocycles. The summed E-state index contributed by atoms with van der Waals surface area (Å²) in [5.41, 5.74) is 3.53. The minimum Gasteiger partial charge on any atom is -0.368 e. The third kappa shape index (κ3) is 5.33. The van der Waals surface area contributed by atoms with Crippen molar-refractivity contribution in [1.29, 1.82) is 0 Å². The van der Waals surface area contributed by atoms with Gasteiger partial charge in [-0.15, -0.1) is 0 Å². The second-order valence-corrected chi connectivity index (χ2v) is 10.2. The lowest BCUT2D eigenvalue weighted by molar-refractivity contribution is 0.299. The predicted octanol–water partition coefficient (Wildman–Crippen LogP) is 9.36. The lowest BCUT2D eigenvalue weighted by atomic mass is 9.76.